The van der Waals surface area contributed by atoms with Crippen molar-refractivity contribution in [2.75, 3.05) is 12.8 Å². The lowest BCUT2D eigenvalue weighted by atomic mass is 10.1. The maximum atomic E-state index is 12.4. The van der Waals surface area contributed by atoms with E-state index in [9.17, 15) is 21.6 Å². The van der Waals surface area contributed by atoms with E-state index in [1.807, 2.05) is 0 Å². The van der Waals surface area contributed by atoms with Crippen molar-refractivity contribution in [1.82, 2.24) is 14.4 Å². The Labute approximate surface area is 136 Å². The molecule has 0 fully saturated rings. The average Bonchev–Trinajstić information content (AvgIpc) is 2.98. The largest absolute Gasteiger partial charge is 0.471 e. The predicted octanol–water partition coefficient (Wildman–Crippen LogP) is 2.70. The molecular formula is C14H14F3N3O3S. The molecule has 1 heterocycles. The second kappa shape index (κ2) is 6.73. The Morgan fingerprint density at radius 2 is 1.92 bits per heavy atom. The Hall–Kier alpha value is -2.20. The summed E-state index contributed by atoms with van der Waals surface area (Å²) in [7, 11) is -2.00. The van der Waals surface area contributed by atoms with E-state index in [0.29, 0.717) is 11.1 Å². The second-order valence-corrected chi connectivity index (χ2v) is 7.06. The third-order valence-electron chi connectivity index (χ3n) is 3.09. The number of nitrogens with zero attached hydrogens (tertiary/aromatic N) is 3. The van der Waals surface area contributed by atoms with Crippen LogP contribution in [0.4, 0.5) is 13.2 Å². The van der Waals surface area contributed by atoms with Gasteiger partial charge in [0.25, 0.3) is 0 Å². The van der Waals surface area contributed by atoms with Crippen LogP contribution in [0.25, 0.3) is 11.4 Å². The molecule has 130 valence electrons. The van der Waals surface area contributed by atoms with Crippen LogP contribution >= 0.6 is 0 Å². The minimum atomic E-state index is -4.70. The number of rotatable bonds is 6. The highest BCUT2D eigenvalue weighted by molar-refractivity contribution is 7.89. The van der Waals surface area contributed by atoms with Crippen molar-refractivity contribution >= 4 is 10.0 Å². The van der Waals surface area contributed by atoms with Crippen LogP contribution in [-0.4, -0.2) is 35.7 Å². The molecule has 24 heavy (non-hydrogen) atoms. The number of aromatic nitrogens is 2. The van der Waals surface area contributed by atoms with Crippen LogP contribution in [-0.2, 0) is 22.7 Å². The van der Waals surface area contributed by atoms with Crippen molar-refractivity contribution < 1.29 is 26.1 Å². The smallest absolute Gasteiger partial charge is 0.329 e. The third kappa shape index (κ3) is 4.20. The van der Waals surface area contributed by atoms with E-state index >= 15 is 0 Å². The first-order valence-corrected chi connectivity index (χ1v) is 8.29. The molecule has 0 radical (unpaired) electrons. The Morgan fingerprint density at radius 3 is 2.42 bits per heavy atom. The maximum absolute atomic E-state index is 12.4. The fraction of sp³-hybridized carbons (Fsp3) is 0.286. The van der Waals surface area contributed by atoms with Crippen LogP contribution in [0.1, 0.15) is 11.5 Å². The van der Waals surface area contributed by atoms with Crippen LogP contribution in [0.2, 0.25) is 0 Å². The monoisotopic (exact) mass is 361 g/mol. The fourth-order valence-corrected chi connectivity index (χ4v) is 2.74. The van der Waals surface area contributed by atoms with Crippen LogP contribution in [0, 0.1) is 0 Å². The van der Waals surface area contributed by atoms with Crippen molar-refractivity contribution in [3.63, 3.8) is 0 Å². The molecule has 0 spiro atoms. The number of alkyl halides is 3. The minimum absolute atomic E-state index is 0.122. The lowest BCUT2D eigenvalue weighted by Crippen LogP contribution is -2.28. The molecule has 1 aromatic carbocycles. The van der Waals surface area contributed by atoms with Gasteiger partial charge in [0, 0.05) is 19.2 Å². The van der Waals surface area contributed by atoms with Gasteiger partial charge in [0.15, 0.2) is 0 Å². The second-order valence-electron chi connectivity index (χ2n) is 4.94. The van der Waals surface area contributed by atoms with Crippen molar-refractivity contribution in [2.45, 2.75) is 12.7 Å². The van der Waals surface area contributed by atoms with Crippen molar-refractivity contribution in [1.29, 1.82) is 0 Å². The summed E-state index contributed by atoms with van der Waals surface area (Å²) in [5, 5.41) is 3.28. The molecule has 1 aromatic heterocycles. The van der Waals surface area contributed by atoms with Gasteiger partial charge in [-0.1, -0.05) is 35.5 Å². The summed E-state index contributed by atoms with van der Waals surface area (Å²) in [5.74, 6) is -1.79. The first-order valence-electron chi connectivity index (χ1n) is 6.68. The zero-order chi connectivity index (χ0) is 18.0. The van der Waals surface area contributed by atoms with Gasteiger partial charge in [-0.2, -0.15) is 18.2 Å². The molecule has 2 aromatic rings. The first kappa shape index (κ1) is 18.1. The first-order chi connectivity index (χ1) is 11.1. The van der Waals surface area contributed by atoms with Gasteiger partial charge in [0.2, 0.25) is 15.8 Å². The molecule has 10 heteroatoms. The molecule has 0 N–H and O–H groups in total. The van der Waals surface area contributed by atoms with E-state index in [1.54, 1.807) is 12.1 Å². The molecule has 0 aliphatic carbocycles. The predicted molar refractivity (Wildman–Crippen MR) is 80.2 cm³/mol. The number of benzene rings is 1. The lowest BCUT2D eigenvalue weighted by molar-refractivity contribution is -0.159. The maximum Gasteiger partial charge on any atom is 0.471 e. The van der Waals surface area contributed by atoms with Gasteiger partial charge < -0.3 is 4.52 Å². The molecule has 0 saturated heterocycles. The van der Waals surface area contributed by atoms with E-state index in [-0.39, 0.29) is 18.1 Å². The highest BCUT2D eigenvalue weighted by atomic mass is 32.2. The topological polar surface area (TPSA) is 76.3 Å². The molecule has 0 aliphatic heterocycles. The molecule has 0 saturated carbocycles. The molecular weight excluding hydrogens is 347 g/mol. The average molecular weight is 361 g/mol. The van der Waals surface area contributed by atoms with Gasteiger partial charge in [-0.05, 0) is 5.56 Å². The number of sulfonamides is 1. The van der Waals surface area contributed by atoms with Crippen molar-refractivity contribution in [2.24, 2.45) is 0 Å². The van der Waals surface area contributed by atoms with Crippen LogP contribution in [0.15, 0.2) is 41.4 Å². The van der Waals surface area contributed by atoms with Crippen LogP contribution in [0.5, 0.6) is 0 Å². The highest BCUT2D eigenvalue weighted by Crippen LogP contribution is 2.29. The SMILES string of the molecule is C=CCS(=O)(=O)N(C)Cc1ccc(-c2noc(C(F)(F)F)n2)cc1. The Balaban J connectivity index is 2.14. The summed E-state index contributed by atoms with van der Waals surface area (Å²) in [6, 6.07) is 6.15. The Morgan fingerprint density at radius 1 is 1.29 bits per heavy atom. The third-order valence-corrected chi connectivity index (χ3v) is 4.83. The summed E-state index contributed by atoms with van der Waals surface area (Å²) < 4.78 is 66.3. The van der Waals surface area contributed by atoms with Gasteiger partial charge >= 0.3 is 12.1 Å². The Kier molecular flexibility index (Phi) is 5.09. The van der Waals surface area contributed by atoms with Gasteiger partial charge in [-0.3, -0.25) is 0 Å². The van der Waals surface area contributed by atoms with Gasteiger partial charge in [0.05, 0.1) is 5.75 Å². The van der Waals surface area contributed by atoms with E-state index in [2.05, 4.69) is 21.2 Å². The Bertz CT molecular complexity index is 814. The van der Waals surface area contributed by atoms with Crippen molar-refractivity contribution in [3.05, 3.63) is 48.4 Å². The minimum Gasteiger partial charge on any atom is -0.329 e. The number of hydrogen-bond acceptors (Lipinski definition) is 5. The zero-order valence-electron chi connectivity index (χ0n) is 12.6. The summed E-state index contributed by atoms with van der Waals surface area (Å²) in [5.41, 5.74) is 0.989. The van der Waals surface area contributed by atoms with E-state index < -0.39 is 22.1 Å². The number of halogens is 3. The quantitative estimate of drug-likeness (QED) is 0.740. The van der Waals surface area contributed by atoms with E-state index in [4.69, 9.17) is 0 Å². The molecule has 0 unspecified atom stereocenters. The molecule has 0 bridgehead atoms. The fourth-order valence-electron chi connectivity index (χ4n) is 1.85. The standard InChI is InChI=1S/C14H14F3N3O3S/c1-3-8-24(21,22)20(2)9-10-4-6-11(7-5-10)12-18-13(23-19-12)14(15,16)17/h3-7H,1,8-9H2,2H3. The zero-order valence-corrected chi connectivity index (χ0v) is 13.4. The van der Waals surface area contributed by atoms with Gasteiger partial charge in [0.1, 0.15) is 0 Å². The summed E-state index contributed by atoms with van der Waals surface area (Å²) in [6.07, 6.45) is -3.41. The van der Waals surface area contributed by atoms with Crippen LogP contribution in [0.3, 0.4) is 0 Å². The lowest BCUT2D eigenvalue weighted by Gasteiger charge is -2.16. The molecule has 0 aliphatic rings. The van der Waals surface area contributed by atoms with Gasteiger partial charge in [-0.25, -0.2) is 12.7 Å². The molecule has 2 rings (SSSR count). The molecule has 0 amide bonds. The molecule has 0 atom stereocenters. The number of hydrogen-bond donors (Lipinski definition) is 0. The van der Waals surface area contributed by atoms with E-state index in [0.717, 1.165) is 0 Å². The van der Waals surface area contributed by atoms with E-state index in [1.165, 1.54) is 29.6 Å². The summed E-state index contributed by atoms with van der Waals surface area (Å²) >= 11 is 0. The highest BCUT2D eigenvalue weighted by Gasteiger charge is 2.38. The van der Waals surface area contributed by atoms with Crippen molar-refractivity contribution in [3.8, 4) is 11.4 Å². The molecule has 6 nitrogen and oxygen atoms in total. The summed E-state index contributed by atoms with van der Waals surface area (Å²) in [4.78, 5) is 3.29. The summed E-state index contributed by atoms with van der Waals surface area (Å²) in [6.45, 7) is 3.51. The van der Waals surface area contributed by atoms with Gasteiger partial charge in [-0.15, -0.1) is 6.58 Å². The normalized spacial score (nSPS) is 12.5. The van der Waals surface area contributed by atoms with Crippen LogP contribution < -0.4 is 0 Å².